The van der Waals surface area contributed by atoms with E-state index in [1.54, 1.807) is 12.1 Å². The number of rotatable bonds is 4. The molecule has 4 fully saturated rings. The number of non-ortho nitro benzene ring substituents is 1. The van der Waals surface area contributed by atoms with Crippen LogP contribution in [-0.4, -0.2) is 16.7 Å². The minimum absolute atomic E-state index is 0.0346. The second-order valence-corrected chi connectivity index (χ2v) is 8.33. The molecule has 0 unspecified atom stereocenters. The van der Waals surface area contributed by atoms with Gasteiger partial charge in [-0.2, -0.15) is 0 Å². The molecule has 4 aliphatic carbocycles. The standard InChI is InChI=1S/C20H23N3O4/c24-18(5-4-13-2-1-3-17(9-13)23(26)27)21-22-19(25)20-10-14-6-15(11-20)8-16(7-14)12-20/h1-5,9,14-16H,6-8,10-12H2,(H,21,24)(H,22,25)/b5-4+. The molecule has 7 nitrogen and oxygen atoms in total. The Morgan fingerprint density at radius 3 is 2.30 bits per heavy atom. The van der Waals surface area contributed by atoms with Crippen LogP contribution in [0.2, 0.25) is 0 Å². The molecule has 27 heavy (non-hydrogen) atoms. The number of amides is 2. The zero-order valence-electron chi connectivity index (χ0n) is 15.0. The van der Waals surface area contributed by atoms with Crippen LogP contribution < -0.4 is 10.9 Å². The minimum atomic E-state index is -0.483. The maximum absolute atomic E-state index is 12.8. The van der Waals surface area contributed by atoms with Gasteiger partial charge in [0.1, 0.15) is 0 Å². The molecule has 0 aliphatic heterocycles. The summed E-state index contributed by atoms with van der Waals surface area (Å²) in [6.07, 6.45) is 9.32. The van der Waals surface area contributed by atoms with Gasteiger partial charge in [-0.1, -0.05) is 12.1 Å². The smallest absolute Gasteiger partial charge is 0.270 e. The monoisotopic (exact) mass is 369 g/mol. The molecule has 142 valence electrons. The molecule has 0 saturated heterocycles. The van der Waals surface area contributed by atoms with E-state index in [4.69, 9.17) is 0 Å². The fourth-order valence-electron chi connectivity index (χ4n) is 5.60. The van der Waals surface area contributed by atoms with E-state index in [-0.39, 0.29) is 17.0 Å². The average molecular weight is 369 g/mol. The first kappa shape index (κ1) is 17.7. The molecule has 2 amide bonds. The van der Waals surface area contributed by atoms with Crippen LogP contribution in [0.3, 0.4) is 0 Å². The number of hydrazine groups is 1. The number of nitrogens with one attached hydrogen (secondary N) is 2. The Kier molecular flexibility index (Phi) is 4.45. The van der Waals surface area contributed by atoms with Crippen molar-refractivity contribution in [3.05, 3.63) is 46.0 Å². The summed E-state index contributed by atoms with van der Waals surface area (Å²) in [5.74, 6) is 1.45. The Balaban J connectivity index is 1.33. The van der Waals surface area contributed by atoms with E-state index < -0.39 is 10.8 Å². The third-order valence-electron chi connectivity index (χ3n) is 6.33. The maximum atomic E-state index is 12.8. The van der Waals surface area contributed by atoms with Gasteiger partial charge >= 0.3 is 0 Å². The highest BCUT2D eigenvalue weighted by molar-refractivity contribution is 5.94. The third-order valence-corrected chi connectivity index (χ3v) is 6.33. The van der Waals surface area contributed by atoms with Gasteiger partial charge in [0.25, 0.3) is 11.6 Å². The van der Waals surface area contributed by atoms with E-state index in [2.05, 4.69) is 10.9 Å². The van der Waals surface area contributed by atoms with Gasteiger partial charge in [-0.05, 0) is 67.9 Å². The molecule has 4 bridgehead atoms. The second kappa shape index (κ2) is 6.79. The molecule has 4 saturated carbocycles. The van der Waals surface area contributed by atoms with E-state index in [9.17, 15) is 19.7 Å². The zero-order chi connectivity index (χ0) is 19.0. The number of nitrogens with zero attached hydrogens (tertiary/aromatic N) is 1. The third kappa shape index (κ3) is 3.59. The van der Waals surface area contributed by atoms with Gasteiger partial charge in [0.2, 0.25) is 5.91 Å². The Morgan fingerprint density at radius 2 is 1.70 bits per heavy atom. The quantitative estimate of drug-likeness (QED) is 0.484. The summed E-state index contributed by atoms with van der Waals surface area (Å²) >= 11 is 0. The van der Waals surface area contributed by atoms with Crippen LogP contribution in [0.4, 0.5) is 5.69 Å². The molecule has 4 aliphatic rings. The molecule has 2 N–H and O–H groups in total. The number of benzene rings is 1. The van der Waals surface area contributed by atoms with Crippen molar-refractivity contribution in [3.63, 3.8) is 0 Å². The SMILES string of the molecule is O=C(/C=C/c1cccc([N+](=O)[O-])c1)NNC(=O)C12CC3CC(CC(C3)C1)C2. The van der Waals surface area contributed by atoms with Crippen molar-refractivity contribution in [3.8, 4) is 0 Å². The van der Waals surface area contributed by atoms with E-state index in [1.165, 1.54) is 43.5 Å². The van der Waals surface area contributed by atoms with E-state index >= 15 is 0 Å². The van der Waals surface area contributed by atoms with E-state index in [0.717, 1.165) is 19.3 Å². The number of nitro benzene ring substituents is 1. The Hall–Kier alpha value is -2.70. The average Bonchev–Trinajstić information content (AvgIpc) is 2.63. The highest BCUT2D eigenvalue weighted by Gasteiger charge is 2.54. The van der Waals surface area contributed by atoms with Gasteiger partial charge in [-0.25, -0.2) is 0 Å². The lowest BCUT2D eigenvalue weighted by atomic mass is 9.49. The number of nitro groups is 1. The molecule has 7 heteroatoms. The van der Waals surface area contributed by atoms with Crippen LogP contribution in [0.15, 0.2) is 30.3 Å². The van der Waals surface area contributed by atoms with Crippen molar-refractivity contribution in [1.82, 2.24) is 10.9 Å². The van der Waals surface area contributed by atoms with Crippen molar-refractivity contribution in [2.45, 2.75) is 38.5 Å². The van der Waals surface area contributed by atoms with Crippen molar-refractivity contribution in [1.29, 1.82) is 0 Å². The van der Waals surface area contributed by atoms with Gasteiger partial charge < -0.3 is 0 Å². The summed E-state index contributed by atoms with van der Waals surface area (Å²) in [5.41, 5.74) is 5.26. The number of hydrogen-bond donors (Lipinski definition) is 2. The first-order valence-corrected chi connectivity index (χ1v) is 9.46. The lowest BCUT2D eigenvalue weighted by Gasteiger charge is -2.55. The first-order valence-electron chi connectivity index (χ1n) is 9.46. The maximum Gasteiger partial charge on any atom is 0.270 e. The molecular formula is C20H23N3O4. The molecule has 0 aromatic heterocycles. The van der Waals surface area contributed by atoms with Crippen LogP contribution in [0.25, 0.3) is 6.08 Å². The van der Waals surface area contributed by atoms with Crippen molar-refractivity contribution < 1.29 is 14.5 Å². The molecule has 0 heterocycles. The summed E-state index contributed by atoms with van der Waals surface area (Å²) in [6, 6.07) is 6.01. The summed E-state index contributed by atoms with van der Waals surface area (Å²) in [6.45, 7) is 0. The van der Waals surface area contributed by atoms with Gasteiger partial charge in [-0.15, -0.1) is 0 Å². The van der Waals surface area contributed by atoms with Crippen LogP contribution in [0.5, 0.6) is 0 Å². The Labute approximate surface area is 157 Å². The van der Waals surface area contributed by atoms with E-state index in [0.29, 0.717) is 23.3 Å². The fourth-order valence-corrected chi connectivity index (χ4v) is 5.60. The van der Waals surface area contributed by atoms with Gasteiger partial charge in [0.05, 0.1) is 10.3 Å². The largest absolute Gasteiger partial charge is 0.273 e. The molecule has 5 rings (SSSR count). The number of carbonyl (C=O) groups is 2. The topological polar surface area (TPSA) is 101 Å². The normalized spacial score (nSPS) is 31.0. The summed E-state index contributed by atoms with van der Waals surface area (Å²) < 4.78 is 0. The molecule has 0 atom stereocenters. The molecule has 0 spiro atoms. The predicted molar refractivity (Wildman–Crippen MR) is 99.0 cm³/mol. The first-order chi connectivity index (χ1) is 12.9. The Bertz CT molecular complexity index is 782. The zero-order valence-corrected chi connectivity index (χ0v) is 15.0. The number of hydrogen-bond acceptors (Lipinski definition) is 4. The summed E-state index contributed by atoms with van der Waals surface area (Å²) in [5, 5.41) is 10.8. The van der Waals surface area contributed by atoms with Gasteiger partial charge in [-0.3, -0.25) is 30.6 Å². The van der Waals surface area contributed by atoms with Crippen LogP contribution in [0, 0.1) is 33.3 Å². The summed E-state index contributed by atoms with van der Waals surface area (Å²) in [7, 11) is 0. The minimum Gasteiger partial charge on any atom is -0.273 e. The molecule has 1 aromatic carbocycles. The van der Waals surface area contributed by atoms with Gasteiger partial charge in [0, 0.05) is 18.2 Å². The molecule has 1 aromatic rings. The fraction of sp³-hybridized carbons (Fsp3) is 0.500. The lowest BCUT2D eigenvalue weighted by Crippen LogP contribution is -2.56. The van der Waals surface area contributed by atoms with Gasteiger partial charge in [0.15, 0.2) is 0 Å². The predicted octanol–water partition coefficient (Wildman–Crippen LogP) is 2.97. The second-order valence-electron chi connectivity index (χ2n) is 8.33. The van der Waals surface area contributed by atoms with Crippen LogP contribution in [0.1, 0.15) is 44.1 Å². The lowest BCUT2D eigenvalue weighted by molar-refractivity contribution is -0.384. The van der Waals surface area contributed by atoms with Crippen molar-refractivity contribution >= 4 is 23.6 Å². The molecule has 0 radical (unpaired) electrons. The highest BCUT2D eigenvalue weighted by atomic mass is 16.6. The number of carbonyl (C=O) groups excluding carboxylic acids is 2. The van der Waals surface area contributed by atoms with E-state index in [1.807, 2.05) is 0 Å². The summed E-state index contributed by atoms with van der Waals surface area (Å²) in [4.78, 5) is 35.1. The van der Waals surface area contributed by atoms with Crippen LogP contribution in [-0.2, 0) is 9.59 Å². The van der Waals surface area contributed by atoms with Crippen molar-refractivity contribution in [2.75, 3.05) is 0 Å². The van der Waals surface area contributed by atoms with Crippen molar-refractivity contribution in [2.24, 2.45) is 23.2 Å². The Morgan fingerprint density at radius 1 is 1.07 bits per heavy atom. The highest BCUT2D eigenvalue weighted by Crippen LogP contribution is 2.60. The van der Waals surface area contributed by atoms with Crippen LogP contribution >= 0.6 is 0 Å². The molecular weight excluding hydrogens is 346 g/mol.